The SMILES string of the molecule is CC(C)[C@H]1C(=O)[C@]2(C)C[C@]3(C)CC[C@H]2[C@H]1C3. The van der Waals surface area contributed by atoms with Gasteiger partial charge < -0.3 is 0 Å². The highest BCUT2D eigenvalue weighted by Crippen LogP contribution is 2.68. The third-order valence-electron chi connectivity index (χ3n) is 5.96. The van der Waals surface area contributed by atoms with Crippen LogP contribution in [0, 0.1) is 34.5 Å². The molecule has 5 atom stereocenters. The molecule has 0 unspecified atom stereocenters. The molecule has 90 valence electrons. The van der Waals surface area contributed by atoms with Gasteiger partial charge in [-0.15, -0.1) is 0 Å². The van der Waals surface area contributed by atoms with Crippen LogP contribution < -0.4 is 0 Å². The lowest BCUT2D eigenvalue weighted by Crippen LogP contribution is -2.46. The summed E-state index contributed by atoms with van der Waals surface area (Å²) in [6.07, 6.45) is 5.17. The van der Waals surface area contributed by atoms with Crippen molar-refractivity contribution in [2.45, 2.75) is 53.4 Å². The zero-order chi connectivity index (χ0) is 11.7. The first-order valence-electron chi connectivity index (χ1n) is 6.92. The number of rotatable bonds is 1. The summed E-state index contributed by atoms with van der Waals surface area (Å²) in [7, 11) is 0. The normalized spacial score (nSPS) is 55.1. The highest BCUT2D eigenvalue weighted by Gasteiger charge is 2.65. The van der Waals surface area contributed by atoms with E-state index < -0.39 is 0 Å². The monoisotopic (exact) mass is 220 g/mol. The summed E-state index contributed by atoms with van der Waals surface area (Å²) in [5, 5.41) is 0. The van der Waals surface area contributed by atoms with Crippen LogP contribution in [-0.4, -0.2) is 5.78 Å². The quantitative estimate of drug-likeness (QED) is 0.659. The van der Waals surface area contributed by atoms with Crippen molar-refractivity contribution < 1.29 is 4.79 Å². The number of fused-ring (bicyclic) bond motifs is 1. The Morgan fingerprint density at radius 3 is 2.56 bits per heavy atom. The van der Waals surface area contributed by atoms with E-state index in [1.54, 1.807) is 0 Å². The Morgan fingerprint density at radius 2 is 2.00 bits per heavy atom. The minimum absolute atomic E-state index is 0.0465. The molecule has 0 N–H and O–H groups in total. The third-order valence-corrected chi connectivity index (χ3v) is 5.96. The Bertz CT molecular complexity index is 345. The predicted octanol–water partition coefficient (Wildman–Crippen LogP) is 3.67. The van der Waals surface area contributed by atoms with E-state index in [1.807, 2.05) is 0 Å². The molecule has 1 nitrogen and oxygen atoms in total. The van der Waals surface area contributed by atoms with Crippen molar-refractivity contribution >= 4 is 5.78 Å². The summed E-state index contributed by atoms with van der Waals surface area (Å²) < 4.78 is 0. The molecule has 0 amide bonds. The van der Waals surface area contributed by atoms with E-state index in [0.29, 0.717) is 34.9 Å². The van der Waals surface area contributed by atoms with Crippen LogP contribution in [0.3, 0.4) is 0 Å². The van der Waals surface area contributed by atoms with Gasteiger partial charge in [0, 0.05) is 11.3 Å². The first-order chi connectivity index (χ1) is 7.37. The first-order valence-corrected chi connectivity index (χ1v) is 6.92. The molecule has 0 aromatic carbocycles. The number of hydrogen-bond donors (Lipinski definition) is 0. The van der Waals surface area contributed by atoms with E-state index in [9.17, 15) is 4.79 Å². The zero-order valence-corrected chi connectivity index (χ0v) is 11.0. The fourth-order valence-corrected chi connectivity index (χ4v) is 5.52. The molecule has 0 aliphatic heterocycles. The maximum Gasteiger partial charge on any atom is 0.142 e. The summed E-state index contributed by atoms with van der Waals surface area (Å²) >= 11 is 0. The smallest absolute Gasteiger partial charge is 0.142 e. The van der Waals surface area contributed by atoms with Gasteiger partial charge in [0.05, 0.1) is 0 Å². The van der Waals surface area contributed by atoms with Gasteiger partial charge in [0.1, 0.15) is 5.78 Å². The van der Waals surface area contributed by atoms with E-state index in [2.05, 4.69) is 27.7 Å². The molecule has 1 heteroatoms. The van der Waals surface area contributed by atoms with Gasteiger partial charge in [-0.2, -0.15) is 0 Å². The van der Waals surface area contributed by atoms with E-state index in [4.69, 9.17) is 0 Å². The van der Waals surface area contributed by atoms with Gasteiger partial charge in [0.2, 0.25) is 0 Å². The highest BCUT2D eigenvalue weighted by atomic mass is 16.1. The topological polar surface area (TPSA) is 17.1 Å². The van der Waals surface area contributed by atoms with Gasteiger partial charge in [0.25, 0.3) is 0 Å². The molecule has 0 aromatic rings. The summed E-state index contributed by atoms with van der Waals surface area (Å²) in [5.74, 6) is 2.96. The maximum atomic E-state index is 12.7. The number of carbonyl (C=O) groups is 1. The van der Waals surface area contributed by atoms with Crippen molar-refractivity contribution in [1.82, 2.24) is 0 Å². The summed E-state index contributed by atoms with van der Waals surface area (Å²) in [4.78, 5) is 12.7. The molecule has 4 aliphatic rings. The largest absolute Gasteiger partial charge is 0.299 e. The maximum absolute atomic E-state index is 12.7. The minimum atomic E-state index is 0.0465. The van der Waals surface area contributed by atoms with Gasteiger partial charge in [-0.05, 0) is 48.9 Å². The van der Waals surface area contributed by atoms with Crippen molar-refractivity contribution in [1.29, 1.82) is 0 Å². The summed E-state index contributed by atoms with van der Waals surface area (Å²) in [6.45, 7) is 9.17. The predicted molar refractivity (Wildman–Crippen MR) is 65.0 cm³/mol. The molecule has 4 rings (SSSR count). The van der Waals surface area contributed by atoms with E-state index in [1.165, 1.54) is 25.7 Å². The van der Waals surface area contributed by atoms with Crippen LogP contribution in [0.1, 0.15) is 53.4 Å². The molecule has 4 bridgehead atoms. The lowest BCUT2D eigenvalue weighted by atomic mass is 9.50. The molecule has 0 heterocycles. The van der Waals surface area contributed by atoms with Crippen molar-refractivity contribution in [2.24, 2.45) is 34.5 Å². The van der Waals surface area contributed by atoms with Crippen molar-refractivity contribution in [2.75, 3.05) is 0 Å². The average Bonchev–Trinajstić information content (AvgIpc) is 2.30. The van der Waals surface area contributed by atoms with Crippen LogP contribution in [0.25, 0.3) is 0 Å². The number of hydrogen-bond acceptors (Lipinski definition) is 1. The lowest BCUT2D eigenvalue weighted by molar-refractivity contribution is -0.134. The Balaban J connectivity index is 2.06. The van der Waals surface area contributed by atoms with E-state index >= 15 is 0 Å². The lowest BCUT2D eigenvalue weighted by Gasteiger charge is -2.53. The fraction of sp³-hybridized carbons (Fsp3) is 0.933. The zero-order valence-electron chi connectivity index (χ0n) is 11.0. The molecular weight excluding hydrogens is 196 g/mol. The van der Waals surface area contributed by atoms with Crippen LogP contribution in [0.2, 0.25) is 0 Å². The van der Waals surface area contributed by atoms with Gasteiger partial charge in [0.15, 0.2) is 0 Å². The Labute approximate surface area is 99.0 Å². The summed E-state index contributed by atoms with van der Waals surface area (Å²) in [5.41, 5.74) is 0.526. The number of ketones is 1. The first kappa shape index (κ1) is 10.8. The van der Waals surface area contributed by atoms with Gasteiger partial charge in [-0.1, -0.05) is 27.7 Å². The molecule has 0 spiro atoms. The fourth-order valence-electron chi connectivity index (χ4n) is 5.52. The van der Waals surface area contributed by atoms with Crippen LogP contribution >= 0.6 is 0 Å². The molecule has 4 aliphatic carbocycles. The second kappa shape index (κ2) is 2.91. The molecule has 4 saturated carbocycles. The van der Waals surface area contributed by atoms with Crippen molar-refractivity contribution in [3.8, 4) is 0 Å². The third kappa shape index (κ3) is 1.10. The molecule has 0 aromatic heterocycles. The minimum Gasteiger partial charge on any atom is -0.299 e. The van der Waals surface area contributed by atoms with Crippen LogP contribution in [0.15, 0.2) is 0 Å². The second-order valence-electron chi connectivity index (χ2n) is 7.55. The highest BCUT2D eigenvalue weighted by molar-refractivity contribution is 5.90. The standard InChI is InChI=1S/C15H24O/c1-9(2)12-10-7-14(3)6-5-11(10)15(4,8-14)13(12)16/h9-12H,5-8H2,1-4H3/t10-,11+,12-,14-,15-/m1/s1. The Kier molecular flexibility index (Phi) is 1.97. The number of carbonyl (C=O) groups excluding carboxylic acids is 1. The van der Waals surface area contributed by atoms with E-state index in [0.717, 1.165) is 0 Å². The van der Waals surface area contributed by atoms with Crippen LogP contribution in [0.5, 0.6) is 0 Å². The van der Waals surface area contributed by atoms with Gasteiger partial charge in [-0.25, -0.2) is 0 Å². The molecule has 16 heavy (non-hydrogen) atoms. The molecule has 0 radical (unpaired) electrons. The van der Waals surface area contributed by atoms with Crippen molar-refractivity contribution in [3.63, 3.8) is 0 Å². The molecule has 4 fully saturated rings. The molecular formula is C15H24O. The van der Waals surface area contributed by atoms with Crippen LogP contribution in [0.4, 0.5) is 0 Å². The number of Topliss-reactive ketones (excluding diaryl/α,β-unsaturated/α-hetero) is 1. The molecule has 0 saturated heterocycles. The van der Waals surface area contributed by atoms with Crippen molar-refractivity contribution in [3.05, 3.63) is 0 Å². The Hall–Kier alpha value is -0.330. The van der Waals surface area contributed by atoms with Gasteiger partial charge in [-0.3, -0.25) is 4.79 Å². The average molecular weight is 220 g/mol. The van der Waals surface area contributed by atoms with Gasteiger partial charge >= 0.3 is 0 Å². The van der Waals surface area contributed by atoms with E-state index in [-0.39, 0.29) is 5.41 Å². The summed E-state index contributed by atoms with van der Waals surface area (Å²) in [6, 6.07) is 0. The second-order valence-corrected chi connectivity index (χ2v) is 7.55. The van der Waals surface area contributed by atoms with Crippen LogP contribution in [-0.2, 0) is 4.79 Å². The Morgan fingerprint density at radius 1 is 1.31 bits per heavy atom.